The van der Waals surface area contributed by atoms with Gasteiger partial charge >= 0.3 is 0 Å². The fourth-order valence-corrected chi connectivity index (χ4v) is 1.96. The Hall–Kier alpha value is -0.130. The minimum absolute atomic E-state index is 0.312. The molecule has 0 bridgehead atoms. The second-order valence-electron chi connectivity index (χ2n) is 4.01. The van der Waals surface area contributed by atoms with E-state index in [1.165, 1.54) is 9.13 Å². The molecule has 0 aliphatic heterocycles. The van der Waals surface area contributed by atoms with Gasteiger partial charge in [0.15, 0.2) is 0 Å². The van der Waals surface area contributed by atoms with Crippen molar-refractivity contribution in [1.29, 1.82) is 0 Å². The van der Waals surface area contributed by atoms with Gasteiger partial charge in [0.1, 0.15) is 0 Å². The van der Waals surface area contributed by atoms with Gasteiger partial charge in [-0.1, -0.05) is 12.1 Å². The number of aliphatic hydroxyl groups is 1. The Morgan fingerprint density at radius 1 is 1.19 bits per heavy atom. The molecule has 0 radical (unpaired) electrons. The molecule has 16 heavy (non-hydrogen) atoms. The van der Waals surface area contributed by atoms with Crippen molar-refractivity contribution in [3.05, 3.63) is 33.4 Å². The van der Waals surface area contributed by atoms with Gasteiger partial charge in [0.25, 0.3) is 0 Å². The molecular weight excluding hydrogens is 313 g/mol. The highest BCUT2D eigenvalue weighted by molar-refractivity contribution is 14.1. The first-order chi connectivity index (χ1) is 7.74. The molecule has 0 aliphatic carbocycles. The summed E-state index contributed by atoms with van der Waals surface area (Å²) in [7, 11) is 0. The van der Waals surface area contributed by atoms with E-state index in [4.69, 9.17) is 5.11 Å². The molecule has 0 spiro atoms. The summed E-state index contributed by atoms with van der Waals surface area (Å²) in [5.74, 6) is 0. The van der Waals surface area contributed by atoms with Crippen molar-refractivity contribution >= 4 is 22.6 Å². The molecule has 1 atom stereocenters. The van der Waals surface area contributed by atoms with Crippen LogP contribution in [0.3, 0.4) is 0 Å². The van der Waals surface area contributed by atoms with Gasteiger partial charge in [0.2, 0.25) is 0 Å². The van der Waals surface area contributed by atoms with E-state index in [9.17, 15) is 0 Å². The Morgan fingerprint density at radius 2 is 1.88 bits per heavy atom. The summed E-state index contributed by atoms with van der Waals surface area (Å²) in [5.41, 5.74) is 1.34. The van der Waals surface area contributed by atoms with Crippen LogP contribution in [0.5, 0.6) is 0 Å². The second kappa shape index (κ2) is 8.03. The third-order valence-electron chi connectivity index (χ3n) is 2.66. The third kappa shape index (κ3) is 5.27. The first-order valence-corrected chi connectivity index (χ1v) is 6.91. The smallest absolute Gasteiger partial charge is 0.0431 e. The minimum atomic E-state index is 0.312. The van der Waals surface area contributed by atoms with Crippen LogP contribution in [0.1, 0.15) is 37.8 Å². The van der Waals surface area contributed by atoms with Gasteiger partial charge in [-0.15, -0.1) is 0 Å². The molecule has 1 aromatic rings. The van der Waals surface area contributed by atoms with E-state index in [0.29, 0.717) is 12.6 Å². The SMILES string of the molecule is CC(NCCCCCO)c1ccc(I)cc1. The van der Waals surface area contributed by atoms with Gasteiger partial charge < -0.3 is 10.4 Å². The van der Waals surface area contributed by atoms with E-state index in [0.717, 1.165) is 25.8 Å². The summed E-state index contributed by atoms with van der Waals surface area (Å²) in [6.45, 7) is 3.52. The van der Waals surface area contributed by atoms with Crippen LogP contribution in [0, 0.1) is 3.57 Å². The molecule has 2 nitrogen and oxygen atoms in total. The highest BCUT2D eigenvalue weighted by Gasteiger charge is 2.03. The van der Waals surface area contributed by atoms with Crippen LogP contribution in [0.25, 0.3) is 0 Å². The molecule has 3 heteroatoms. The number of benzene rings is 1. The van der Waals surface area contributed by atoms with Crippen molar-refractivity contribution in [3.63, 3.8) is 0 Å². The summed E-state index contributed by atoms with van der Waals surface area (Å²) in [4.78, 5) is 0. The highest BCUT2D eigenvalue weighted by atomic mass is 127. The van der Waals surface area contributed by atoms with Crippen molar-refractivity contribution < 1.29 is 5.11 Å². The Kier molecular flexibility index (Phi) is 7.00. The van der Waals surface area contributed by atoms with E-state index >= 15 is 0 Å². The highest BCUT2D eigenvalue weighted by Crippen LogP contribution is 2.14. The molecule has 1 unspecified atom stereocenters. The van der Waals surface area contributed by atoms with Crippen LogP contribution in [0.4, 0.5) is 0 Å². The fraction of sp³-hybridized carbons (Fsp3) is 0.538. The molecule has 0 fully saturated rings. The molecule has 0 heterocycles. The molecule has 1 aromatic carbocycles. The molecule has 0 aromatic heterocycles. The number of nitrogens with one attached hydrogen (secondary N) is 1. The van der Waals surface area contributed by atoms with Crippen LogP contribution in [-0.4, -0.2) is 18.3 Å². The Labute approximate surface area is 112 Å². The number of rotatable bonds is 7. The summed E-state index contributed by atoms with van der Waals surface area (Å²) < 4.78 is 1.27. The lowest BCUT2D eigenvalue weighted by molar-refractivity contribution is 0.282. The van der Waals surface area contributed by atoms with Crippen molar-refractivity contribution in [2.45, 2.75) is 32.2 Å². The topological polar surface area (TPSA) is 32.3 Å². The molecule has 0 saturated heterocycles. The van der Waals surface area contributed by atoms with Crippen LogP contribution in [0.2, 0.25) is 0 Å². The van der Waals surface area contributed by atoms with Crippen molar-refractivity contribution in [2.75, 3.05) is 13.2 Å². The maximum absolute atomic E-state index is 8.66. The second-order valence-corrected chi connectivity index (χ2v) is 5.26. The van der Waals surface area contributed by atoms with E-state index in [1.54, 1.807) is 0 Å². The zero-order chi connectivity index (χ0) is 11.8. The van der Waals surface area contributed by atoms with Crippen molar-refractivity contribution in [3.8, 4) is 0 Å². The molecule has 90 valence electrons. The molecule has 2 N–H and O–H groups in total. The van der Waals surface area contributed by atoms with Gasteiger partial charge in [0.05, 0.1) is 0 Å². The number of halogens is 1. The predicted octanol–water partition coefficient (Wildman–Crippen LogP) is 3.10. The van der Waals surface area contributed by atoms with E-state index in [2.05, 4.69) is 59.1 Å². The van der Waals surface area contributed by atoms with E-state index in [1.807, 2.05) is 0 Å². The average molecular weight is 333 g/mol. The quantitative estimate of drug-likeness (QED) is 0.594. The van der Waals surface area contributed by atoms with Crippen molar-refractivity contribution in [1.82, 2.24) is 5.32 Å². The van der Waals surface area contributed by atoms with Crippen LogP contribution in [-0.2, 0) is 0 Å². The number of unbranched alkanes of at least 4 members (excludes halogenated alkanes) is 2. The third-order valence-corrected chi connectivity index (χ3v) is 3.37. The van der Waals surface area contributed by atoms with E-state index in [-0.39, 0.29) is 0 Å². The van der Waals surface area contributed by atoms with Crippen LogP contribution < -0.4 is 5.32 Å². The molecular formula is C13H20INO. The molecule has 0 amide bonds. The fourth-order valence-electron chi connectivity index (χ4n) is 1.60. The summed E-state index contributed by atoms with van der Waals surface area (Å²) in [6.07, 6.45) is 3.15. The first kappa shape index (κ1) is 13.9. The van der Waals surface area contributed by atoms with Gasteiger partial charge in [-0.3, -0.25) is 0 Å². The first-order valence-electron chi connectivity index (χ1n) is 5.83. The van der Waals surface area contributed by atoms with Gasteiger partial charge in [-0.2, -0.15) is 0 Å². The Bertz CT molecular complexity index is 286. The minimum Gasteiger partial charge on any atom is -0.396 e. The maximum Gasteiger partial charge on any atom is 0.0431 e. The van der Waals surface area contributed by atoms with Crippen LogP contribution >= 0.6 is 22.6 Å². The Balaban J connectivity index is 2.24. The maximum atomic E-state index is 8.66. The summed E-state index contributed by atoms with van der Waals surface area (Å²) in [5, 5.41) is 12.2. The lowest BCUT2D eigenvalue weighted by Crippen LogP contribution is -2.19. The summed E-state index contributed by atoms with van der Waals surface area (Å²) in [6, 6.07) is 9.03. The lowest BCUT2D eigenvalue weighted by atomic mass is 10.1. The standard InChI is InChI=1S/C13H20INO/c1-11(15-9-3-2-4-10-16)12-5-7-13(14)8-6-12/h5-8,11,15-16H,2-4,9-10H2,1H3. The van der Waals surface area contributed by atoms with Crippen LogP contribution in [0.15, 0.2) is 24.3 Å². The number of hydrogen-bond acceptors (Lipinski definition) is 2. The number of aliphatic hydroxyl groups excluding tert-OH is 1. The number of hydrogen-bond donors (Lipinski definition) is 2. The normalized spacial score (nSPS) is 12.7. The van der Waals surface area contributed by atoms with Gasteiger partial charge in [0, 0.05) is 16.2 Å². The molecule has 0 aliphatic rings. The molecule has 1 rings (SSSR count). The predicted molar refractivity (Wildman–Crippen MR) is 76.5 cm³/mol. The zero-order valence-electron chi connectivity index (χ0n) is 9.75. The largest absolute Gasteiger partial charge is 0.396 e. The lowest BCUT2D eigenvalue weighted by Gasteiger charge is -2.14. The zero-order valence-corrected chi connectivity index (χ0v) is 11.9. The summed E-state index contributed by atoms with van der Waals surface area (Å²) >= 11 is 2.32. The average Bonchev–Trinajstić information content (AvgIpc) is 2.29. The van der Waals surface area contributed by atoms with Gasteiger partial charge in [-0.25, -0.2) is 0 Å². The van der Waals surface area contributed by atoms with E-state index < -0.39 is 0 Å². The monoisotopic (exact) mass is 333 g/mol. The Morgan fingerprint density at radius 3 is 2.50 bits per heavy atom. The van der Waals surface area contributed by atoms with Crippen molar-refractivity contribution in [2.24, 2.45) is 0 Å². The van der Waals surface area contributed by atoms with Gasteiger partial charge in [-0.05, 0) is 73.0 Å². The molecule has 0 saturated carbocycles.